The van der Waals surface area contributed by atoms with Gasteiger partial charge in [-0.15, -0.1) is 11.8 Å². The van der Waals surface area contributed by atoms with Crippen molar-refractivity contribution in [2.24, 2.45) is 0 Å². The van der Waals surface area contributed by atoms with Gasteiger partial charge in [-0.2, -0.15) is 5.26 Å². The third-order valence-corrected chi connectivity index (χ3v) is 1.66. The molecule has 0 spiro atoms. The van der Waals surface area contributed by atoms with Crippen LogP contribution < -0.4 is 0 Å². The number of nitrogens with zero attached hydrogens (tertiary/aromatic N) is 2. The van der Waals surface area contributed by atoms with Crippen molar-refractivity contribution < 1.29 is 0 Å². The molecule has 1 aromatic rings. The van der Waals surface area contributed by atoms with Gasteiger partial charge in [-0.3, -0.25) is 4.98 Å². The fourth-order valence-electron chi connectivity index (χ4n) is 0.542. The Kier molecular flexibility index (Phi) is 2.30. The molecule has 0 aliphatic carbocycles. The summed E-state index contributed by atoms with van der Waals surface area (Å²) in [4.78, 5) is 4.66. The molecule has 49 valence electrons. The minimum atomic E-state index is 0.586. The van der Waals surface area contributed by atoms with Crippen molar-refractivity contribution in [3.05, 3.63) is 24.0 Å². The van der Waals surface area contributed by atoms with E-state index in [0.717, 1.165) is 4.90 Å². The average Bonchev–Trinajstić information content (AvgIpc) is 2.05. The quantitative estimate of drug-likeness (QED) is 0.567. The van der Waals surface area contributed by atoms with E-state index in [4.69, 9.17) is 5.26 Å². The van der Waals surface area contributed by atoms with E-state index in [1.165, 1.54) is 18.0 Å². The maximum atomic E-state index is 8.44. The third kappa shape index (κ3) is 1.49. The van der Waals surface area contributed by atoms with Crippen LogP contribution in [0.1, 0.15) is 5.56 Å². The van der Waals surface area contributed by atoms with Crippen LogP contribution in [0.4, 0.5) is 0 Å². The second kappa shape index (κ2) is 3.23. The first-order valence-electron chi connectivity index (χ1n) is 2.68. The SMILES string of the molecule is CSc1[c]ncc(C#N)c1. The Morgan fingerprint density at radius 2 is 2.60 bits per heavy atom. The van der Waals surface area contributed by atoms with Crippen molar-refractivity contribution in [2.75, 3.05) is 6.26 Å². The summed E-state index contributed by atoms with van der Waals surface area (Å²) in [5.41, 5.74) is 0.586. The Balaban J connectivity index is 3.01. The van der Waals surface area contributed by atoms with Gasteiger partial charge in [0.1, 0.15) is 12.3 Å². The molecular weight excluding hydrogens is 144 g/mol. The maximum Gasteiger partial charge on any atom is 0.103 e. The van der Waals surface area contributed by atoms with Crippen LogP contribution in [0.25, 0.3) is 0 Å². The lowest BCUT2D eigenvalue weighted by Crippen LogP contribution is -1.78. The number of nitriles is 1. The van der Waals surface area contributed by atoms with Gasteiger partial charge in [-0.25, -0.2) is 0 Å². The molecule has 1 heterocycles. The lowest BCUT2D eigenvalue weighted by molar-refractivity contribution is 1.20. The number of hydrogen-bond donors (Lipinski definition) is 0. The average molecular weight is 149 g/mol. The van der Waals surface area contributed by atoms with Crippen molar-refractivity contribution in [3.8, 4) is 6.07 Å². The normalized spacial score (nSPS) is 8.80. The second-order valence-electron chi connectivity index (χ2n) is 1.65. The molecule has 3 heteroatoms. The van der Waals surface area contributed by atoms with E-state index in [-0.39, 0.29) is 0 Å². The number of pyridine rings is 1. The molecule has 0 aliphatic rings. The van der Waals surface area contributed by atoms with Gasteiger partial charge in [0, 0.05) is 11.1 Å². The standard InChI is InChI=1S/C7H5N2S/c1-10-7-2-6(3-8)4-9-5-7/h2,4H,1H3. The smallest absolute Gasteiger partial charge is 0.103 e. The van der Waals surface area contributed by atoms with Crippen molar-refractivity contribution in [2.45, 2.75) is 4.90 Å². The molecule has 2 nitrogen and oxygen atoms in total. The molecule has 0 saturated heterocycles. The lowest BCUT2D eigenvalue weighted by atomic mass is 10.3. The van der Waals surface area contributed by atoms with Crippen molar-refractivity contribution in [3.63, 3.8) is 0 Å². The molecule has 0 bridgehead atoms. The molecule has 0 aromatic carbocycles. The van der Waals surface area contributed by atoms with Crippen LogP contribution >= 0.6 is 11.8 Å². The first-order chi connectivity index (χ1) is 4.86. The molecule has 1 rings (SSSR count). The molecule has 1 radical (unpaired) electrons. The van der Waals surface area contributed by atoms with Crippen molar-refractivity contribution in [1.82, 2.24) is 4.98 Å². The highest BCUT2D eigenvalue weighted by molar-refractivity contribution is 7.98. The van der Waals surface area contributed by atoms with Gasteiger partial charge in [0.15, 0.2) is 0 Å². The Morgan fingerprint density at radius 1 is 1.80 bits per heavy atom. The Morgan fingerprint density at radius 3 is 3.20 bits per heavy atom. The molecule has 10 heavy (non-hydrogen) atoms. The molecule has 0 saturated carbocycles. The zero-order valence-electron chi connectivity index (χ0n) is 5.46. The van der Waals surface area contributed by atoms with E-state index in [0.29, 0.717) is 5.56 Å². The van der Waals surface area contributed by atoms with Gasteiger partial charge in [-0.05, 0) is 12.3 Å². The van der Waals surface area contributed by atoms with Gasteiger partial charge in [0.25, 0.3) is 0 Å². The molecule has 0 fully saturated rings. The molecule has 0 aliphatic heterocycles. The zero-order valence-corrected chi connectivity index (χ0v) is 6.27. The predicted molar refractivity (Wildman–Crippen MR) is 39.6 cm³/mol. The van der Waals surface area contributed by atoms with Crippen LogP contribution in [0.5, 0.6) is 0 Å². The summed E-state index contributed by atoms with van der Waals surface area (Å²) in [6.07, 6.45) is 6.18. The number of hydrogen-bond acceptors (Lipinski definition) is 3. The summed E-state index contributed by atoms with van der Waals surface area (Å²) in [7, 11) is 0. The minimum absolute atomic E-state index is 0.586. The molecular formula is C7H5N2S. The Hall–Kier alpha value is -1.01. The fraction of sp³-hybridized carbons (Fsp3) is 0.143. The van der Waals surface area contributed by atoms with Gasteiger partial charge in [0.05, 0.1) is 5.56 Å². The first-order valence-corrected chi connectivity index (χ1v) is 3.91. The molecule has 1 aromatic heterocycles. The van der Waals surface area contributed by atoms with E-state index in [2.05, 4.69) is 11.2 Å². The van der Waals surface area contributed by atoms with E-state index < -0.39 is 0 Å². The topological polar surface area (TPSA) is 36.7 Å². The minimum Gasteiger partial charge on any atom is -0.252 e. The Labute approximate surface area is 63.9 Å². The second-order valence-corrected chi connectivity index (χ2v) is 2.50. The molecule has 0 N–H and O–H groups in total. The van der Waals surface area contributed by atoms with E-state index in [1.54, 1.807) is 6.07 Å². The van der Waals surface area contributed by atoms with Gasteiger partial charge in [0.2, 0.25) is 0 Å². The largest absolute Gasteiger partial charge is 0.252 e. The number of thioether (sulfide) groups is 1. The van der Waals surface area contributed by atoms with Crippen molar-refractivity contribution >= 4 is 11.8 Å². The van der Waals surface area contributed by atoms with Crippen molar-refractivity contribution in [1.29, 1.82) is 5.26 Å². The van der Waals surface area contributed by atoms with E-state index in [1.807, 2.05) is 12.3 Å². The summed E-state index contributed by atoms with van der Waals surface area (Å²) in [5, 5.41) is 8.44. The summed E-state index contributed by atoms with van der Waals surface area (Å²) >= 11 is 1.53. The fourth-order valence-corrected chi connectivity index (χ4v) is 0.931. The number of aromatic nitrogens is 1. The zero-order chi connectivity index (χ0) is 7.40. The van der Waals surface area contributed by atoms with E-state index in [9.17, 15) is 0 Å². The van der Waals surface area contributed by atoms with Gasteiger partial charge >= 0.3 is 0 Å². The van der Waals surface area contributed by atoms with Gasteiger partial charge in [-0.1, -0.05) is 0 Å². The monoisotopic (exact) mass is 149 g/mol. The highest BCUT2D eigenvalue weighted by atomic mass is 32.2. The lowest BCUT2D eigenvalue weighted by Gasteiger charge is -1.91. The van der Waals surface area contributed by atoms with Crippen LogP contribution in [0.2, 0.25) is 0 Å². The van der Waals surface area contributed by atoms with Crippen LogP contribution in [0.15, 0.2) is 17.2 Å². The highest BCUT2D eigenvalue weighted by Gasteiger charge is 1.92. The molecule has 0 atom stereocenters. The van der Waals surface area contributed by atoms with Crippen LogP contribution in [0, 0.1) is 17.5 Å². The highest BCUT2D eigenvalue weighted by Crippen LogP contribution is 2.12. The summed E-state index contributed by atoms with van der Waals surface area (Å²) in [5.74, 6) is 0. The summed E-state index contributed by atoms with van der Waals surface area (Å²) in [6, 6.07) is 3.77. The molecule has 0 unspecified atom stereocenters. The van der Waals surface area contributed by atoms with Crippen LogP contribution in [0.3, 0.4) is 0 Å². The third-order valence-electron chi connectivity index (χ3n) is 1.01. The van der Waals surface area contributed by atoms with Crippen LogP contribution in [-0.2, 0) is 0 Å². The maximum absolute atomic E-state index is 8.44. The summed E-state index contributed by atoms with van der Waals surface area (Å²) < 4.78 is 0. The first kappa shape index (κ1) is 7.10. The molecule has 0 amide bonds. The Bertz CT molecular complexity index is 265. The van der Waals surface area contributed by atoms with Gasteiger partial charge < -0.3 is 0 Å². The van der Waals surface area contributed by atoms with E-state index >= 15 is 0 Å². The van der Waals surface area contributed by atoms with Crippen LogP contribution in [-0.4, -0.2) is 11.2 Å². The summed E-state index contributed by atoms with van der Waals surface area (Å²) in [6.45, 7) is 0. The predicted octanol–water partition coefficient (Wildman–Crippen LogP) is 1.48. The number of rotatable bonds is 1.